The lowest BCUT2D eigenvalue weighted by Crippen LogP contribution is -2.30. The summed E-state index contributed by atoms with van der Waals surface area (Å²) in [5.74, 6) is -0.299. The highest BCUT2D eigenvalue weighted by atomic mass is 32.2. The number of thiophene rings is 1. The van der Waals surface area contributed by atoms with Gasteiger partial charge in [-0.15, -0.1) is 0 Å². The van der Waals surface area contributed by atoms with Crippen molar-refractivity contribution in [2.75, 3.05) is 18.4 Å². The summed E-state index contributed by atoms with van der Waals surface area (Å²) in [5.41, 5.74) is 2.25. The first kappa shape index (κ1) is 19.4. The Morgan fingerprint density at radius 3 is 2.56 bits per heavy atom. The molecule has 2 rings (SSSR count). The first-order valence-electron chi connectivity index (χ1n) is 8.00. The molecule has 1 amide bonds. The lowest BCUT2D eigenvalue weighted by Gasteiger charge is -2.19. The Kier molecular flexibility index (Phi) is 6.52. The van der Waals surface area contributed by atoms with Gasteiger partial charge in [-0.2, -0.15) is 15.6 Å². The first-order chi connectivity index (χ1) is 11.9. The maximum Gasteiger partial charge on any atom is 0.248 e. The van der Waals surface area contributed by atoms with E-state index in [9.17, 15) is 13.2 Å². The van der Waals surface area contributed by atoms with Crippen molar-refractivity contribution in [1.82, 2.24) is 4.31 Å². The molecule has 0 spiro atoms. The van der Waals surface area contributed by atoms with Crippen molar-refractivity contribution in [3.8, 4) is 0 Å². The Labute approximate surface area is 153 Å². The number of sulfonamides is 1. The highest BCUT2D eigenvalue weighted by Gasteiger charge is 2.22. The second kappa shape index (κ2) is 8.42. The number of carbonyl (C=O) groups excluding carboxylic acids is 1. The van der Waals surface area contributed by atoms with Crippen LogP contribution in [0.15, 0.2) is 46.0 Å². The van der Waals surface area contributed by atoms with Gasteiger partial charge in [-0.05, 0) is 53.1 Å². The molecule has 7 heteroatoms. The molecule has 0 saturated carbocycles. The Morgan fingerprint density at radius 2 is 1.96 bits per heavy atom. The molecule has 0 unspecified atom stereocenters. The van der Waals surface area contributed by atoms with Gasteiger partial charge in [-0.1, -0.05) is 19.9 Å². The molecule has 25 heavy (non-hydrogen) atoms. The molecule has 0 aliphatic carbocycles. The van der Waals surface area contributed by atoms with Gasteiger partial charge < -0.3 is 5.32 Å². The molecule has 0 saturated heterocycles. The fourth-order valence-electron chi connectivity index (χ4n) is 2.32. The smallest absolute Gasteiger partial charge is 0.248 e. The van der Waals surface area contributed by atoms with E-state index in [1.165, 1.54) is 16.4 Å². The minimum Gasteiger partial charge on any atom is -0.322 e. The second-order valence-electron chi connectivity index (χ2n) is 5.45. The molecule has 1 aromatic carbocycles. The average molecular weight is 379 g/mol. The average Bonchev–Trinajstić information content (AvgIpc) is 3.09. The summed E-state index contributed by atoms with van der Waals surface area (Å²) in [5, 5.41) is 6.63. The molecule has 0 bridgehead atoms. The van der Waals surface area contributed by atoms with Crippen molar-refractivity contribution >= 4 is 39.0 Å². The predicted octanol–water partition coefficient (Wildman–Crippen LogP) is 3.74. The van der Waals surface area contributed by atoms with Crippen molar-refractivity contribution in [3.05, 3.63) is 52.2 Å². The number of hydrogen-bond acceptors (Lipinski definition) is 4. The SMILES string of the molecule is CCN(CC)S(=O)(=O)c1ccc(C)c(NC(=O)/C=C/c2ccsc2)c1. The first-order valence-corrected chi connectivity index (χ1v) is 10.4. The zero-order valence-electron chi connectivity index (χ0n) is 14.5. The third-order valence-corrected chi connectivity index (χ3v) is 6.53. The standard InChI is InChI=1S/C18H22N2O3S2/c1-4-20(5-2)25(22,23)16-8-6-14(3)17(12-16)19-18(21)9-7-15-10-11-24-13-15/h6-13H,4-5H2,1-3H3,(H,19,21)/b9-7+. The van der Waals surface area contributed by atoms with Gasteiger partial charge in [0.25, 0.3) is 0 Å². The lowest BCUT2D eigenvalue weighted by atomic mass is 10.2. The van der Waals surface area contributed by atoms with Gasteiger partial charge in [0.05, 0.1) is 4.90 Å². The molecule has 1 aromatic heterocycles. The Morgan fingerprint density at radius 1 is 1.24 bits per heavy atom. The molecule has 2 aromatic rings. The molecule has 0 aliphatic heterocycles. The second-order valence-corrected chi connectivity index (χ2v) is 8.16. The van der Waals surface area contributed by atoms with Crippen LogP contribution in [0.1, 0.15) is 25.0 Å². The van der Waals surface area contributed by atoms with Gasteiger partial charge in [-0.3, -0.25) is 4.79 Å². The molecule has 0 radical (unpaired) electrons. The summed E-state index contributed by atoms with van der Waals surface area (Å²) in [6.07, 6.45) is 3.16. The van der Waals surface area contributed by atoms with E-state index in [4.69, 9.17) is 0 Å². The van der Waals surface area contributed by atoms with Crippen molar-refractivity contribution in [2.24, 2.45) is 0 Å². The number of carbonyl (C=O) groups is 1. The van der Waals surface area contributed by atoms with Crippen LogP contribution in [0.3, 0.4) is 0 Å². The molecule has 1 heterocycles. The fourth-order valence-corrected chi connectivity index (χ4v) is 4.44. The van der Waals surface area contributed by atoms with Crippen molar-refractivity contribution in [1.29, 1.82) is 0 Å². The van der Waals surface area contributed by atoms with E-state index in [1.807, 2.05) is 23.8 Å². The van der Waals surface area contributed by atoms with Crippen LogP contribution in [-0.2, 0) is 14.8 Å². The van der Waals surface area contributed by atoms with Crippen LogP contribution in [0, 0.1) is 6.92 Å². The number of amides is 1. The van der Waals surface area contributed by atoms with E-state index in [1.54, 1.807) is 43.4 Å². The summed E-state index contributed by atoms with van der Waals surface area (Å²) < 4.78 is 26.6. The van der Waals surface area contributed by atoms with E-state index < -0.39 is 10.0 Å². The Hall–Kier alpha value is -1.96. The van der Waals surface area contributed by atoms with Crippen LogP contribution in [0.25, 0.3) is 6.08 Å². The topological polar surface area (TPSA) is 66.5 Å². The van der Waals surface area contributed by atoms with E-state index in [-0.39, 0.29) is 10.8 Å². The third-order valence-electron chi connectivity index (χ3n) is 3.78. The maximum atomic E-state index is 12.6. The molecule has 5 nitrogen and oxygen atoms in total. The molecular weight excluding hydrogens is 356 g/mol. The van der Waals surface area contributed by atoms with Crippen LogP contribution < -0.4 is 5.32 Å². The number of rotatable bonds is 7. The third kappa shape index (κ3) is 4.78. The number of nitrogens with zero attached hydrogens (tertiary/aromatic N) is 1. The predicted molar refractivity (Wildman–Crippen MR) is 103 cm³/mol. The normalized spacial score (nSPS) is 12.0. The summed E-state index contributed by atoms with van der Waals surface area (Å²) in [6, 6.07) is 6.70. The highest BCUT2D eigenvalue weighted by Crippen LogP contribution is 2.23. The van der Waals surface area contributed by atoms with Crippen molar-refractivity contribution < 1.29 is 13.2 Å². The van der Waals surface area contributed by atoms with Crippen LogP contribution in [0.5, 0.6) is 0 Å². The largest absolute Gasteiger partial charge is 0.322 e. The van der Waals surface area contributed by atoms with E-state index in [0.29, 0.717) is 18.8 Å². The highest BCUT2D eigenvalue weighted by molar-refractivity contribution is 7.89. The van der Waals surface area contributed by atoms with Crippen LogP contribution in [-0.4, -0.2) is 31.7 Å². The van der Waals surface area contributed by atoms with Gasteiger partial charge in [0, 0.05) is 24.9 Å². The van der Waals surface area contributed by atoms with Crippen molar-refractivity contribution in [3.63, 3.8) is 0 Å². The zero-order chi connectivity index (χ0) is 18.4. The van der Waals surface area contributed by atoms with E-state index in [0.717, 1.165) is 11.1 Å². The van der Waals surface area contributed by atoms with Gasteiger partial charge in [0.15, 0.2) is 0 Å². The summed E-state index contributed by atoms with van der Waals surface area (Å²) >= 11 is 1.55. The van der Waals surface area contributed by atoms with Gasteiger partial charge in [0.2, 0.25) is 15.9 Å². The minimum absolute atomic E-state index is 0.180. The van der Waals surface area contributed by atoms with Crippen LogP contribution >= 0.6 is 11.3 Å². The Balaban J connectivity index is 2.23. The van der Waals surface area contributed by atoms with Gasteiger partial charge in [-0.25, -0.2) is 8.42 Å². The number of nitrogens with one attached hydrogen (secondary N) is 1. The van der Waals surface area contributed by atoms with Gasteiger partial charge >= 0.3 is 0 Å². The van der Waals surface area contributed by atoms with Gasteiger partial charge in [0.1, 0.15) is 0 Å². The summed E-state index contributed by atoms with van der Waals surface area (Å²) in [6.45, 7) is 6.22. The summed E-state index contributed by atoms with van der Waals surface area (Å²) in [4.78, 5) is 12.3. The fraction of sp³-hybridized carbons (Fsp3) is 0.278. The molecule has 134 valence electrons. The van der Waals surface area contributed by atoms with Crippen LogP contribution in [0.4, 0.5) is 5.69 Å². The quantitative estimate of drug-likeness (QED) is 0.747. The van der Waals surface area contributed by atoms with E-state index in [2.05, 4.69) is 5.32 Å². The lowest BCUT2D eigenvalue weighted by molar-refractivity contribution is -0.111. The zero-order valence-corrected chi connectivity index (χ0v) is 16.2. The molecule has 0 atom stereocenters. The summed E-state index contributed by atoms with van der Waals surface area (Å²) in [7, 11) is -3.56. The molecular formula is C18H22N2O3S2. The van der Waals surface area contributed by atoms with E-state index >= 15 is 0 Å². The Bertz CT molecular complexity index is 852. The van der Waals surface area contributed by atoms with Crippen molar-refractivity contribution in [2.45, 2.75) is 25.7 Å². The minimum atomic E-state index is -3.56. The van der Waals surface area contributed by atoms with Crippen LogP contribution in [0.2, 0.25) is 0 Å². The number of aryl methyl sites for hydroxylation is 1. The molecule has 1 N–H and O–H groups in total. The maximum absolute atomic E-state index is 12.6. The number of anilines is 1. The molecule has 0 fully saturated rings. The molecule has 0 aliphatic rings. The number of benzene rings is 1. The number of hydrogen-bond donors (Lipinski definition) is 1. The monoisotopic (exact) mass is 378 g/mol.